The number of benzene rings is 1. The Morgan fingerprint density at radius 2 is 1.89 bits per heavy atom. The van der Waals surface area contributed by atoms with Gasteiger partial charge in [0, 0.05) is 19.6 Å². The third kappa shape index (κ3) is 4.79. The zero-order chi connectivity index (χ0) is 13.4. The molecule has 2 rings (SSSR count). The molecule has 0 aromatic heterocycles. The summed E-state index contributed by atoms with van der Waals surface area (Å²) >= 11 is 0. The van der Waals surface area contributed by atoms with Crippen LogP contribution in [0, 0.1) is 0 Å². The van der Waals surface area contributed by atoms with E-state index in [1.54, 1.807) is 0 Å². The molecule has 1 aromatic rings. The zero-order valence-electron chi connectivity index (χ0n) is 12.2. The zero-order valence-corrected chi connectivity index (χ0v) is 12.2. The van der Waals surface area contributed by atoms with E-state index in [4.69, 9.17) is 0 Å². The summed E-state index contributed by atoms with van der Waals surface area (Å²) in [6.07, 6.45) is 2.43. The number of hydrogen-bond donors (Lipinski definition) is 2. The van der Waals surface area contributed by atoms with Crippen LogP contribution in [0.25, 0.3) is 0 Å². The molecule has 0 spiro atoms. The maximum absolute atomic E-state index is 3.64. The van der Waals surface area contributed by atoms with Gasteiger partial charge in [-0.25, -0.2) is 0 Å². The van der Waals surface area contributed by atoms with E-state index >= 15 is 0 Å². The number of piperidine rings is 1. The predicted octanol–water partition coefficient (Wildman–Crippen LogP) is 3.75. The van der Waals surface area contributed by atoms with Crippen molar-refractivity contribution in [1.29, 1.82) is 0 Å². The smallest absolute Gasteiger partial charge is 0.0335 e. The SMILES string of the molecule is CC.CC(C)N[C@@H]1CCN[C@H](c2ccccc2)C1.[HH]. The van der Waals surface area contributed by atoms with Crippen molar-refractivity contribution in [2.24, 2.45) is 0 Å². The van der Waals surface area contributed by atoms with Gasteiger partial charge < -0.3 is 10.6 Å². The van der Waals surface area contributed by atoms with Crippen LogP contribution in [0.4, 0.5) is 0 Å². The molecule has 1 fully saturated rings. The molecule has 0 bridgehead atoms. The highest BCUT2D eigenvalue weighted by atomic mass is 15.0. The third-order valence-electron chi connectivity index (χ3n) is 3.17. The van der Waals surface area contributed by atoms with Gasteiger partial charge in [0.25, 0.3) is 0 Å². The highest BCUT2D eigenvalue weighted by molar-refractivity contribution is 5.19. The van der Waals surface area contributed by atoms with Crippen molar-refractivity contribution in [3.63, 3.8) is 0 Å². The Kier molecular flexibility index (Phi) is 6.99. The summed E-state index contributed by atoms with van der Waals surface area (Å²) in [5.74, 6) is 0. The Balaban J connectivity index is 0.00000103. The lowest BCUT2D eigenvalue weighted by Gasteiger charge is -2.32. The van der Waals surface area contributed by atoms with Gasteiger partial charge in [-0.05, 0) is 24.9 Å². The van der Waals surface area contributed by atoms with E-state index in [1.807, 2.05) is 13.8 Å². The quantitative estimate of drug-likeness (QED) is 0.853. The molecule has 0 radical (unpaired) electrons. The summed E-state index contributed by atoms with van der Waals surface area (Å²) in [6.45, 7) is 9.56. The standard InChI is InChI=1S/C14H22N2.C2H6.H2/c1-11(2)16-13-8-9-15-14(10-13)12-6-4-3-5-7-12;1-2;/h3-7,11,13-16H,8-10H2,1-2H3;1-2H3;1H/t13-,14+;;/m1../s1. The van der Waals surface area contributed by atoms with E-state index in [9.17, 15) is 0 Å². The van der Waals surface area contributed by atoms with Crippen molar-refractivity contribution in [3.8, 4) is 0 Å². The van der Waals surface area contributed by atoms with Gasteiger partial charge in [0.1, 0.15) is 0 Å². The van der Waals surface area contributed by atoms with Gasteiger partial charge in [0.2, 0.25) is 0 Å². The van der Waals surface area contributed by atoms with Gasteiger partial charge in [-0.1, -0.05) is 58.0 Å². The van der Waals surface area contributed by atoms with E-state index in [0.717, 1.165) is 6.54 Å². The minimum atomic E-state index is 0. The third-order valence-corrected chi connectivity index (χ3v) is 3.17. The van der Waals surface area contributed by atoms with Crippen molar-refractivity contribution in [2.45, 2.75) is 58.7 Å². The molecular formula is C16H30N2. The van der Waals surface area contributed by atoms with Crippen molar-refractivity contribution < 1.29 is 1.43 Å². The first-order chi connectivity index (χ1) is 8.75. The Morgan fingerprint density at radius 3 is 2.50 bits per heavy atom. The second kappa shape index (κ2) is 8.28. The Hall–Kier alpha value is -0.860. The summed E-state index contributed by atoms with van der Waals surface area (Å²) in [5.41, 5.74) is 1.41. The molecule has 0 amide bonds. The molecule has 0 aliphatic carbocycles. The molecule has 2 N–H and O–H groups in total. The molecule has 0 unspecified atom stereocenters. The fraction of sp³-hybridized carbons (Fsp3) is 0.625. The minimum Gasteiger partial charge on any atom is -0.312 e. The first kappa shape index (κ1) is 15.2. The molecule has 2 nitrogen and oxygen atoms in total. The Bertz CT molecular complexity index is 314. The van der Waals surface area contributed by atoms with Crippen molar-refractivity contribution in [1.82, 2.24) is 10.6 Å². The summed E-state index contributed by atoms with van der Waals surface area (Å²) < 4.78 is 0. The van der Waals surface area contributed by atoms with Gasteiger partial charge in [0.05, 0.1) is 0 Å². The molecule has 1 aliphatic rings. The van der Waals surface area contributed by atoms with Crippen LogP contribution in [0.3, 0.4) is 0 Å². The normalized spacial score (nSPS) is 23.4. The lowest BCUT2D eigenvalue weighted by molar-refractivity contribution is 0.309. The molecule has 104 valence electrons. The average molecular weight is 250 g/mol. The second-order valence-electron chi connectivity index (χ2n) is 4.96. The first-order valence-electron chi connectivity index (χ1n) is 7.30. The van der Waals surface area contributed by atoms with Gasteiger partial charge in [-0.15, -0.1) is 0 Å². The topological polar surface area (TPSA) is 24.1 Å². The van der Waals surface area contributed by atoms with Crippen LogP contribution in [0.1, 0.15) is 53.6 Å². The van der Waals surface area contributed by atoms with Gasteiger partial charge >= 0.3 is 0 Å². The predicted molar refractivity (Wildman–Crippen MR) is 81.9 cm³/mol. The average Bonchev–Trinajstić information content (AvgIpc) is 2.42. The van der Waals surface area contributed by atoms with Gasteiger partial charge in [-0.3, -0.25) is 0 Å². The van der Waals surface area contributed by atoms with Crippen molar-refractivity contribution in [3.05, 3.63) is 35.9 Å². The van der Waals surface area contributed by atoms with Crippen LogP contribution >= 0.6 is 0 Å². The molecule has 1 aliphatic heterocycles. The largest absolute Gasteiger partial charge is 0.312 e. The van der Waals surface area contributed by atoms with E-state index in [1.165, 1.54) is 18.4 Å². The molecule has 2 atom stereocenters. The molecule has 2 heteroatoms. The van der Waals surface area contributed by atoms with E-state index in [0.29, 0.717) is 18.1 Å². The van der Waals surface area contributed by atoms with Crippen LogP contribution in [0.15, 0.2) is 30.3 Å². The molecule has 1 saturated heterocycles. The first-order valence-corrected chi connectivity index (χ1v) is 7.30. The van der Waals surface area contributed by atoms with Crippen LogP contribution < -0.4 is 10.6 Å². The van der Waals surface area contributed by atoms with Crippen LogP contribution in [0.2, 0.25) is 0 Å². The Morgan fingerprint density at radius 1 is 1.22 bits per heavy atom. The van der Waals surface area contributed by atoms with Crippen molar-refractivity contribution in [2.75, 3.05) is 6.54 Å². The molecular weight excluding hydrogens is 220 g/mol. The highest BCUT2D eigenvalue weighted by Gasteiger charge is 2.22. The Labute approximate surface area is 114 Å². The fourth-order valence-corrected chi connectivity index (χ4v) is 2.48. The lowest BCUT2D eigenvalue weighted by Crippen LogP contribution is -2.44. The van der Waals surface area contributed by atoms with Crippen LogP contribution in [-0.2, 0) is 0 Å². The monoisotopic (exact) mass is 250 g/mol. The molecule has 18 heavy (non-hydrogen) atoms. The van der Waals surface area contributed by atoms with Crippen LogP contribution in [-0.4, -0.2) is 18.6 Å². The molecule has 0 saturated carbocycles. The van der Waals surface area contributed by atoms with E-state index in [2.05, 4.69) is 54.8 Å². The number of nitrogens with one attached hydrogen (secondary N) is 2. The molecule has 1 aromatic carbocycles. The van der Waals surface area contributed by atoms with Crippen molar-refractivity contribution >= 4 is 0 Å². The fourth-order valence-electron chi connectivity index (χ4n) is 2.48. The number of rotatable bonds is 3. The highest BCUT2D eigenvalue weighted by Crippen LogP contribution is 2.23. The summed E-state index contributed by atoms with van der Waals surface area (Å²) in [5, 5.41) is 7.24. The summed E-state index contributed by atoms with van der Waals surface area (Å²) in [6, 6.07) is 12.5. The maximum Gasteiger partial charge on any atom is 0.0335 e. The lowest BCUT2D eigenvalue weighted by atomic mass is 9.93. The minimum absolute atomic E-state index is 0. The number of hydrogen-bond acceptors (Lipinski definition) is 2. The second-order valence-corrected chi connectivity index (χ2v) is 4.96. The summed E-state index contributed by atoms with van der Waals surface area (Å²) in [4.78, 5) is 0. The summed E-state index contributed by atoms with van der Waals surface area (Å²) in [7, 11) is 0. The maximum atomic E-state index is 3.64. The van der Waals surface area contributed by atoms with Crippen LogP contribution in [0.5, 0.6) is 0 Å². The van der Waals surface area contributed by atoms with Gasteiger partial charge in [-0.2, -0.15) is 0 Å². The molecule has 1 heterocycles. The van der Waals surface area contributed by atoms with E-state index < -0.39 is 0 Å². The van der Waals surface area contributed by atoms with Gasteiger partial charge in [0.15, 0.2) is 0 Å². The van der Waals surface area contributed by atoms with E-state index in [-0.39, 0.29) is 1.43 Å².